The summed E-state index contributed by atoms with van der Waals surface area (Å²) in [4.78, 5) is 26.1. The maximum absolute atomic E-state index is 13.2. The first-order valence-electron chi connectivity index (χ1n) is 26.9. The van der Waals surface area contributed by atoms with E-state index in [1.54, 1.807) is 0 Å². The highest BCUT2D eigenvalue weighted by molar-refractivity contribution is 5.77. The number of rotatable bonds is 48. The summed E-state index contributed by atoms with van der Waals surface area (Å²) >= 11 is 0. The van der Waals surface area contributed by atoms with Gasteiger partial charge in [-0.2, -0.15) is 0 Å². The largest absolute Gasteiger partial charge is 0.462 e. The van der Waals surface area contributed by atoms with E-state index in [1.165, 1.54) is 141 Å². The summed E-state index contributed by atoms with van der Waals surface area (Å²) in [5, 5.41) is 23.8. The fourth-order valence-corrected chi connectivity index (χ4v) is 8.03. The Labute approximate surface area is 385 Å². The molecule has 0 heterocycles. The molecule has 3 N–H and O–H groups in total. The van der Waals surface area contributed by atoms with E-state index < -0.39 is 18.2 Å². The lowest BCUT2D eigenvalue weighted by Gasteiger charge is -2.24. The van der Waals surface area contributed by atoms with Gasteiger partial charge in [-0.3, -0.25) is 9.59 Å². The minimum atomic E-state index is -0.798. The second-order valence-electron chi connectivity index (χ2n) is 18.3. The van der Waals surface area contributed by atoms with Crippen molar-refractivity contribution in [2.45, 2.75) is 289 Å². The van der Waals surface area contributed by atoms with Crippen molar-refractivity contribution in [3.05, 3.63) is 48.6 Å². The van der Waals surface area contributed by atoms with Crippen molar-refractivity contribution >= 4 is 11.9 Å². The van der Waals surface area contributed by atoms with E-state index in [0.717, 1.165) is 83.5 Å². The van der Waals surface area contributed by atoms with Crippen LogP contribution in [0, 0.1) is 0 Å². The average Bonchev–Trinajstić information content (AvgIpc) is 3.26. The first-order chi connectivity index (χ1) is 30.5. The minimum absolute atomic E-state index is 0.0483. The molecule has 6 nitrogen and oxygen atoms in total. The van der Waals surface area contributed by atoms with Crippen LogP contribution in [0.5, 0.6) is 0 Å². The van der Waals surface area contributed by atoms with E-state index in [4.69, 9.17) is 4.74 Å². The highest BCUT2D eigenvalue weighted by Gasteiger charge is 2.24. The zero-order valence-corrected chi connectivity index (χ0v) is 41.3. The molecule has 62 heavy (non-hydrogen) atoms. The fourth-order valence-electron chi connectivity index (χ4n) is 8.03. The Morgan fingerprint density at radius 2 is 0.839 bits per heavy atom. The van der Waals surface area contributed by atoms with Crippen molar-refractivity contribution in [3.8, 4) is 0 Å². The van der Waals surface area contributed by atoms with Crippen LogP contribution in [0.2, 0.25) is 0 Å². The van der Waals surface area contributed by atoms with Crippen LogP contribution in [0.3, 0.4) is 0 Å². The number of allylic oxidation sites excluding steroid dienone is 8. The quantitative estimate of drug-likeness (QED) is 0.0322. The maximum atomic E-state index is 13.2. The summed E-state index contributed by atoms with van der Waals surface area (Å²) in [7, 11) is 0. The predicted octanol–water partition coefficient (Wildman–Crippen LogP) is 16.2. The van der Waals surface area contributed by atoms with Gasteiger partial charge in [0.05, 0.1) is 25.2 Å². The molecule has 0 spiro atoms. The normalized spacial score (nSPS) is 13.6. The smallest absolute Gasteiger partial charge is 0.306 e. The highest BCUT2D eigenvalue weighted by Crippen LogP contribution is 2.17. The number of amides is 1. The van der Waals surface area contributed by atoms with Crippen LogP contribution in [0.15, 0.2) is 48.6 Å². The summed E-state index contributed by atoms with van der Waals surface area (Å²) in [5.41, 5.74) is 0. The third-order valence-corrected chi connectivity index (χ3v) is 12.1. The first kappa shape index (κ1) is 59.8. The third kappa shape index (κ3) is 44.4. The Kier molecular flexibility index (Phi) is 48.1. The van der Waals surface area contributed by atoms with Crippen LogP contribution in [-0.4, -0.2) is 46.9 Å². The second kappa shape index (κ2) is 49.8. The molecule has 0 aliphatic rings. The monoisotopic (exact) mass is 870 g/mol. The molecule has 6 heteroatoms. The predicted molar refractivity (Wildman–Crippen MR) is 269 cm³/mol. The van der Waals surface area contributed by atoms with Gasteiger partial charge in [-0.25, -0.2) is 0 Å². The fraction of sp³-hybridized carbons (Fsp3) is 0.821. The van der Waals surface area contributed by atoms with Crippen molar-refractivity contribution < 1.29 is 24.5 Å². The van der Waals surface area contributed by atoms with Crippen LogP contribution in [-0.2, 0) is 14.3 Å². The maximum Gasteiger partial charge on any atom is 0.306 e. The summed E-state index contributed by atoms with van der Waals surface area (Å²) in [6.45, 7) is 6.44. The third-order valence-electron chi connectivity index (χ3n) is 12.1. The number of carbonyl (C=O) groups is 2. The Morgan fingerprint density at radius 1 is 0.468 bits per heavy atom. The number of aliphatic hydroxyl groups excluding tert-OH is 2. The molecule has 3 atom stereocenters. The van der Waals surface area contributed by atoms with Gasteiger partial charge in [-0.15, -0.1) is 0 Å². The van der Waals surface area contributed by atoms with Crippen molar-refractivity contribution in [2.24, 2.45) is 0 Å². The molecule has 1 amide bonds. The van der Waals surface area contributed by atoms with Gasteiger partial charge >= 0.3 is 5.97 Å². The molecule has 0 aromatic rings. The molecule has 0 rings (SSSR count). The van der Waals surface area contributed by atoms with Crippen molar-refractivity contribution in [1.29, 1.82) is 0 Å². The zero-order valence-electron chi connectivity index (χ0n) is 41.3. The summed E-state index contributed by atoms with van der Waals surface area (Å²) in [6.07, 6.45) is 60.3. The number of unbranched alkanes of at least 4 members (excludes halogenated alkanes) is 28. The Balaban J connectivity index is 4.56. The average molecular weight is 870 g/mol. The van der Waals surface area contributed by atoms with Gasteiger partial charge in [0, 0.05) is 6.42 Å². The van der Waals surface area contributed by atoms with Gasteiger partial charge in [-0.05, 0) is 83.5 Å². The SMILES string of the molecule is CCCCC/C=C\C/C=C\C/C=C\CCCCCCC(=O)OC(CCC/C=C\CCCCCCCC)CC(=O)NC(CO)C(O)CCCCCCCCCCCCCCCCC. The second-order valence-corrected chi connectivity index (χ2v) is 18.3. The van der Waals surface area contributed by atoms with Crippen molar-refractivity contribution in [3.63, 3.8) is 0 Å². The van der Waals surface area contributed by atoms with Gasteiger partial charge in [0.15, 0.2) is 0 Å². The highest BCUT2D eigenvalue weighted by atomic mass is 16.5. The number of esters is 1. The first-order valence-corrected chi connectivity index (χ1v) is 26.9. The molecule has 0 radical (unpaired) electrons. The van der Waals surface area contributed by atoms with Crippen LogP contribution in [0.25, 0.3) is 0 Å². The Hall–Kier alpha value is -2.18. The number of hydrogen-bond donors (Lipinski definition) is 3. The summed E-state index contributed by atoms with van der Waals surface area (Å²) in [6, 6.07) is -0.714. The lowest BCUT2D eigenvalue weighted by atomic mass is 10.0. The number of carbonyl (C=O) groups excluding carboxylic acids is 2. The van der Waals surface area contributed by atoms with Gasteiger partial charge in [0.25, 0.3) is 0 Å². The molecular weight excluding hydrogens is 767 g/mol. The van der Waals surface area contributed by atoms with Gasteiger partial charge < -0.3 is 20.3 Å². The zero-order chi connectivity index (χ0) is 45.2. The van der Waals surface area contributed by atoms with Crippen LogP contribution >= 0.6 is 0 Å². The molecule has 0 saturated heterocycles. The van der Waals surface area contributed by atoms with E-state index in [9.17, 15) is 19.8 Å². The molecule has 0 aromatic carbocycles. The molecule has 0 aromatic heterocycles. The number of nitrogens with one attached hydrogen (secondary N) is 1. The van der Waals surface area contributed by atoms with Crippen molar-refractivity contribution in [2.75, 3.05) is 6.61 Å². The molecule has 0 aliphatic heterocycles. The summed E-state index contributed by atoms with van der Waals surface area (Å²) < 4.78 is 5.91. The van der Waals surface area contributed by atoms with Gasteiger partial charge in [0.1, 0.15) is 6.10 Å². The van der Waals surface area contributed by atoms with E-state index in [-0.39, 0.29) is 24.9 Å². The molecule has 0 bridgehead atoms. The molecule has 0 aliphatic carbocycles. The van der Waals surface area contributed by atoms with E-state index in [0.29, 0.717) is 19.3 Å². The van der Waals surface area contributed by atoms with Gasteiger partial charge in [-0.1, -0.05) is 223 Å². The number of aliphatic hydroxyl groups is 2. The van der Waals surface area contributed by atoms with Gasteiger partial charge in [0.2, 0.25) is 5.91 Å². The summed E-state index contributed by atoms with van der Waals surface area (Å²) in [5.74, 6) is -0.523. The standard InChI is InChI=1S/C56H103NO5/c1-4-7-10-13-16-19-22-24-26-27-29-31-34-37-40-43-46-49-56(61)62-52(47-44-41-38-35-32-21-18-15-12-9-6-3)50-55(60)57-53(51-58)54(59)48-45-42-39-36-33-30-28-25-23-20-17-14-11-8-5-2/h16,19,24,26,29,31,35,38,52-54,58-59H,4-15,17-18,20-23,25,27-28,30,32-34,36-37,39-51H2,1-3H3,(H,57,60)/b19-16-,26-24-,31-29-,38-35-. The minimum Gasteiger partial charge on any atom is -0.462 e. The Morgan fingerprint density at radius 3 is 1.32 bits per heavy atom. The van der Waals surface area contributed by atoms with E-state index in [2.05, 4.69) is 74.7 Å². The van der Waals surface area contributed by atoms with E-state index >= 15 is 0 Å². The van der Waals surface area contributed by atoms with E-state index in [1.807, 2.05) is 0 Å². The Bertz CT molecular complexity index is 1070. The van der Waals surface area contributed by atoms with Crippen molar-refractivity contribution in [1.82, 2.24) is 5.32 Å². The van der Waals surface area contributed by atoms with Crippen LogP contribution < -0.4 is 5.32 Å². The van der Waals surface area contributed by atoms with Crippen LogP contribution in [0.1, 0.15) is 271 Å². The molecule has 362 valence electrons. The molecule has 3 unspecified atom stereocenters. The lowest BCUT2D eigenvalue weighted by Crippen LogP contribution is -2.46. The molecule has 0 saturated carbocycles. The lowest BCUT2D eigenvalue weighted by molar-refractivity contribution is -0.151. The number of hydrogen-bond acceptors (Lipinski definition) is 5. The molecule has 0 fully saturated rings. The number of ether oxygens (including phenoxy) is 1. The molecular formula is C56H103NO5. The van der Waals surface area contributed by atoms with Crippen LogP contribution in [0.4, 0.5) is 0 Å². The topological polar surface area (TPSA) is 95.9 Å².